The quantitative estimate of drug-likeness (QED) is 0.803. The molecule has 1 saturated heterocycles. The van der Waals surface area contributed by atoms with Gasteiger partial charge in [-0.3, -0.25) is 4.79 Å². The predicted octanol–water partition coefficient (Wildman–Crippen LogP) is 2.61. The molecule has 0 bridgehead atoms. The van der Waals surface area contributed by atoms with E-state index in [1.165, 1.54) is 0 Å². The van der Waals surface area contributed by atoms with Gasteiger partial charge in [0.2, 0.25) is 23.6 Å². The van der Waals surface area contributed by atoms with E-state index >= 15 is 0 Å². The summed E-state index contributed by atoms with van der Waals surface area (Å²) in [6, 6.07) is 0. The van der Waals surface area contributed by atoms with Crippen molar-refractivity contribution in [3.05, 3.63) is 23.4 Å². The van der Waals surface area contributed by atoms with Crippen molar-refractivity contribution in [3.63, 3.8) is 0 Å². The average molecular weight is 381 g/mol. The third-order valence-corrected chi connectivity index (χ3v) is 5.30. The van der Waals surface area contributed by atoms with Crippen LogP contribution in [0, 0.1) is 6.92 Å². The number of piperidine rings is 1. The molecule has 2 fully saturated rings. The monoisotopic (exact) mass is 381 g/mol. The molecule has 0 N–H and O–H groups in total. The molecule has 2 aromatic rings. The summed E-state index contributed by atoms with van der Waals surface area (Å²) in [6.07, 6.45) is 1.52. The lowest BCUT2D eigenvalue weighted by atomic mass is 9.96. The summed E-state index contributed by atoms with van der Waals surface area (Å²) in [6.45, 7) is 2.83. The molecule has 27 heavy (non-hydrogen) atoms. The predicted molar refractivity (Wildman–Crippen MR) is 87.1 cm³/mol. The number of halogens is 2. The molecule has 8 nitrogen and oxygen atoms in total. The van der Waals surface area contributed by atoms with E-state index in [4.69, 9.17) is 9.05 Å². The molecule has 0 spiro atoms. The maximum atomic E-state index is 13.4. The smallest absolute Gasteiger partial charge is 0.248 e. The topological polar surface area (TPSA) is 98.2 Å². The standard InChI is InChI=1S/C17H21F2N5O3/c1-10-20-13(26-22-10)8-14(25)24-6-3-11(4-7-24)16-21-15(23-27-16)12-2-5-17(18,19)9-12/h11-12H,2-9H2,1H3. The molecule has 1 amide bonds. The lowest BCUT2D eigenvalue weighted by Crippen LogP contribution is -2.38. The normalized spacial score (nSPS) is 23.1. The van der Waals surface area contributed by atoms with Crippen molar-refractivity contribution in [2.75, 3.05) is 13.1 Å². The first-order valence-electron chi connectivity index (χ1n) is 9.18. The molecular weight excluding hydrogens is 360 g/mol. The highest BCUT2D eigenvalue weighted by Crippen LogP contribution is 2.43. The van der Waals surface area contributed by atoms with Crippen molar-refractivity contribution in [1.29, 1.82) is 0 Å². The molecule has 0 aromatic carbocycles. The van der Waals surface area contributed by atoms with Crippen LogP contribution >= 0.6 is 0 Å². The van der Waals surface area contributed by atoms with E-state index < -0.39 is 5.92 Å². The first-order valence-corrected chi connectivity index (χ1v) is 9.18. The van der Waals surface area contributed by atoms with Gasteiger partial charge >= 0.3 is 0 Å². The second-order valence-corrected chi connectivity index (χ2v) is 7.35. The summed E-state index contributed by atoms with van der Waals surface area (Å²) in [4.78, 5) is 22.5. The zero-order chi connectivity index (χ0) is 19.0. The van der Waals surface area contributed by atoms with Gasteiger partial charge in [-0.1, -0.05) is 10.3 Å². The van der Waals surface area contributed by atoms with Crippen molar-refractivity contribution in [2.24, 2.45) is 0 Å². The van der Waals surface area contributed by atoms with Crippen molar-refractivity contribution >= 4 is 5.91 Å². The van der Waals surface area contributed by atoms with Gasteiger partial charge in [-0.2, -0.15) is 9.97 Å². The Morgan fingerprint density at radius 1 is 1.15 bits per heavy atom. The average Bonchev–Trinajstić information content (AvgIpc) is 3.35. The molecule has 1 saturated carbocycles. The first kappa shape index (κ1) is 18.0. The second-order valence-electron chi connectivity index (χ2n) is 7.35. The van der Waals surface area contributed by atoms with E-state index in [9.17, 15) is 13.6 Å². The molecule has 10 heteroatoms. The molecule has 1 aliphatic heterocycles. The van der Waals surface area contributed by atoms with Gasteiger partial charge in [0.25, 0.3) is 0 Å². The summed E-state index contributed by atoms with van der Waals surface area (Å²) in [5, 5.41) is 7.60. The highest BCUT2D eigenvalue weighted by atomic mass is 19.3. The Morgan fingerprint density at radius 3 is 2.56 bits per heavy atom. The van der Waals surface area contributed by atoms with Gasteiger partial charge in [-0.15, -0.1) is 0 Å². The number of hydrogen-bond acceptors (Lipinski definition) is 7. The maximum Gasteiger partial charge on any atom is 0.248 e. The molecular formula is C17H21F2N5O3. The maximum absolute atomic E-state index is 13.4. The van der Waals surface area contributed by atoms with Crippen LogP contribution in [0.3, 0.4) is 0 Å². The summed E-state index contributed by atoms with van der Waals surface area (Å²) in [5.41, 5.74) is 0. The van der Waals surface area contributed by atoms with E-state index in [0.29, 0.717) is 55.8 Å². The van der Waals surface area contributed by atoms with Gasteiger partial charge in [0.15, 0.2) is 11.6 Å². The lowest BCUT2D eigenvalue weighted by Gasteiger charge is -2.30. The molecule has 1 atom stereocenters. The van der Waals surface area contributed by atoms with Crippen LogP contribution in [-0.4, -0.2) is 50.1 Å². The third kappa shape index (κ3) is 3.98. The number of likely N-dealkylation sites (tertiary alicyclic amines) is 1. The fourth-order valence-corrected chi connectivity index (χ4v) is 3.78. The summed E-state index contributed by atoms with van der Waals surface area (Å²) < 4.78 is 37.1. The van der Waals surface area contributed by atoms with E-state index in [2.05, 4.69) is 20.3 Å². The lowest BCUT2D eigenvalue weighted by molar-refractivity contribution is -0.132. The highest BCUT2D eigenvalue weighted by Gasteiger charge is 2.42. The third-order valence-electron chi connectivity index (χ3n) is 5.30. The van der Waals surface area contributed by atoms with Gasteiger partial charge < -0.3 is 13.9 Å². The number of aromatic nitrogens is 4. The summed E-state index contributed by atoms with van der Waals surface area (Å²) >= 11 is 0. The van der Waals surface area contributed by atoms with Crippen molar-refractivity contribution in [1.82, 2.24) is 25.2 Å². The number of aryl methyl sites for hydroxylation is 1. The Bertz CT molecular complexity index is 813. The Kier molecular flexibility index (Phi) is 4.65. The fraction of sp³-hybridized carbons (Fsp3) is 0.706. The number of rotatable bonds is 4. The molecule has 1 aliphatic carbocycles. The van der Waals surface area contributed by atoms with E-state index in [1.54, 1.807) is 11.8 Å². The Balaban J connectivity index is 1.31. The van der Waals surface area contributed by atoms with Gasteiger partial charge in [-0.05, 0) is 26.2 Å². The van der Waals surface area contributed by atoms with Crippen LogP contribution < -0.4 is 0 Å². The van der Waals surface area contributed by atoms with Crippen LogP contribution in [0.4, 0.5) is 8.78 Å². The Labute approximate surface area is 154 Å². The molecule has 1 unspecified atom stereocenters. The molecule has 2 aromatic heterocycles. The van der Waals surface area contributed by atoms with E-state index in [-0.39, 0.29) is 37.0 Å². The largest absolute Gasteiger partial charge is 0.342 e. The number of hydrogen-bond donors (Lipinski definition) is 0. The van der Waals surface area contributed by atoms with Crippen LogP contribution in [0.15, 0.2) is 9.05 Å². The van der Waals surface area contributed by atoms with Crippen molar-refractivity contribution in [2.45, 2.75) is 63.2 Å². The minimum Gasteiger partial charge on any atom is -0.342 e. The number of carbonyl (C=O) groups is 1. The molecule has 2 aliphatic rings. The minimum absolute atomic E-state index is 0.0443. The van der Waals surface area contributed by atoms with Gasteiger partial charge in [0.1, 0.15) is 6.42 Å². The van der Waals surface area contributed by atoms with Crippen LogP contribution in [0.1, 0.15) is 67.4 Å². The number of amides is 1. The Morgan fingerprint density at radius 2 is 1.93 bits per heavy atom. The number of alkyl halides is 2. The van der Waals surface area contributed by atoms with Crippen molar-refractivity contribution in [3.8, 4) is 0 Å². The number of carbonyl (C=O) groups excluding carboxylic acids is 1. The zero-order valence-corrected chi connectivity index (χ0v) is 15.0. The highest BCUT2D eigenvalue weighted by molar-refractivity contribution is 5.77. The molecule has 4 rings (SSSR count). The Hall–Kier alpha value is -2.39. The summed E-state index contributed by atoms with van der Waals surface area (Å²) in [5.74, 6) is -1.30. The minimum atomic E-state index is -2.63. The van der Waals surface area contributed by atoms with Crippen LogP contribution in [0.2, 0.25) is 0 Å². The van der Waals surface area contributed by atoms with Crippen LogP contribution in [0.25, 0.3) is 0 Å². The van der Waals surface area contributed by atoms with Gasteiger partial charge in [0, 0.05) is 37.8 Å². The van der Waals surface area contributed by atoms with Gasteiger partial charge in [0.05, 0.1) is 0 Å². The number of nitrogens with zero attached hydrogens (tertiary/aromatic N) is 5. The zero-order valence-electron chi connectivity index (χ0n) is 15.0. The van der Waals surface area contributed by atoms with Crippen molar-refractivity contribution < 1.29 is 22.6 Å². The first-order chi connectivity index (χ1) is 12.9. The molecule has 146 valence electrons. The molecule has 0 radical (unpaired) electrons. The fourth-order valence-electron chi connectivity index (χ4n) is 3.78. The second kappa shape index (κ2) is 6.97. The van der Waals surface area contributed by atoms with E-state index in [0.717, 1.165) is 0 Å². The van der Waals surface area contributed by atoms with Crippen LogP contribution in [0.5, 0.6) is 0 Å². The van der Waals surface area contributed by atoms with Crippen LogP contribution in [-0.2, 0) is 11.2 Å². The summed E-state index contributed by atoms with van der Waals surface area (Å²) in [7, 11) is 0. The van der Waals surface area contributed by atoms with E-state index in [1.807, 2.05) is 0 Å². The van der Waals surface area contributed by atoms with Gasteiger partial charge in [-0.25, -0.2) is 8.78 Å². The SMILES string of the molecule is Cc1noc(CC(=O)N2CCC(c3nc(C4CCC(F)(F)C4)no3)CC2)n1. The molecule has 3 heterocycles.